The van der Waals surface area contributed by atoms with Crippen LogP contribution in [0.1, 0.15) is 10.4 Å². The van der Waals surface area contributed by atoms with Gasteiger partial charge in [0.15, 0.2) is 0 Å². The molecule has 1 atom stereocenters. The number of ether oxygens (including phenoxy) is 1. The van der Waals surface area contributed by atoms with E-state index in [0.29, 0.717) is 11.9 Å². The van der Waals surface area contributed by atoms with Gasteiger partial charge in [0, 0.05) is 24.7 Å². The van der Waals surface area contributed by atoms with Crippen LogP contribution < -0.4 is 5.32 Å². The molecule has 0 saturated heterocycles. The Kier molecular flexibility index (Phi) is 4.55. The zero-order chi connectivity index (χ0) is 14.5. The van der Waals surface area contributed by atoms with Crippen molar-refractivity contribution in [3.05, 3.63) is 42.0 Å². The standard InChI is InChI=1S/C15H17NO4/c1-20-9-10(17)8-16-14-7-6-13(15(18)19)11-4-2-3-5-12(11)14/h2-7,10,16-17H,8-9H2,1H3,(H,18,19). The molecule has 5 heteroatoms. The number of nitrogens with one attached hydrogen (secondary N) is 1. The first kappa shape index (κ1) is 14.3. The number of carboxylic acid groups (broad SMARTS) is 1. The predicted molar refractivity (Wildman–Crippen MR) is 77.3 cm³/mol. The molecular weight excluding hydrogens is 258 g/mol. The lowest BCUT2D eigenvalue weighted by atomic mass is 10.0. The van der Waals surface area contributed by atoms with Gasteiger partial charge in [-0.15, -0.1) is 0 Å². The topological polar surface area (TPSA) is 78.8 Å². The van der Waals surface area contributed by atoms with Crippen molar-refractivity contribution in [3.8, 4) is 0 Å². The Morgan fingerprint density at radius 2 is 1.95 bits per heavy atom. The molecule has 2 aromatic rings. The Labute approximate surface area is 116 Å². The lowest BCUT2D eigenvalue weighted by molar-refractivity contribution is 0.0698. The van der Waals surface area contributed by atoms with Crippen molar-refractivity contribution in [2.75, 3.05) is 25.6 Å². The van der Waals surface area contributed by atoms with Gasteiger partial charge in [-0.2, -0.15) is 0 Å². The summed E-state index contributed by atoms with van der Waals surface area (Å²) in [5.74, 6) is -0.952. The first-order valence-electron chi connectivity index (χ1n) is 6.29. The summed E-state index contributed by atoms with van der Waals surface area (Å²) in [6.07, 6.45) is -0.613. The molecule has 0 fully saturated rings. The number of carbonyl (C=O) groups is 1. The second-order valence-corrected chi connectivity index (χ2v) is 4.50. The highest BCUT2D eigenvalue weighted by atomic mass is 16.5. The highest BCUT2D eigenvalue weighted by Crippen LogP contribution is 2.26. The van der Waals surface area contributed by atoms with Crippen LogP contribution in [-0.4, -0.2) is 42.5 Å². The first-order valence-corrected chi connectivity index (χ1v) is 6.29. The SMILES string of the molecule is COCC(O)CNc1ccc(C(=O)O)c2ccccc12. The van der Waals surface area contributed by atoms with Gasteiger partial charge < -0.3 is 20.3 Å². The number of aliphatic hydroxyl groups excluding tert-OH is 1. The Morgan fingerprint density at radius 3 is 2.60 bits per heavy atom. The van der Waals surface area contributed by atoms with Crippen molar-refractivity contribution in [2.24, 2.45) is 0 Å². The average Bonchev–Trinajstić information content (AvgIpc) is 2.44. The molecule has 0 aliphatic carbocycles. The number of hydrogen-bond donors (Lipinski definition) is 3. The number of aliphatic hydroxyl groups is 1. The number of rotatable bonds is 6. The van der Waals surface area contributed by atoms with Gasteiger partial charge in [0.25, 0.3) is 0 Å². The van der Waals surface area contributed by atoms with Crippen LogP contribution in [0.2, 0.25) is 0 Å². The summed E-state index contributed by atoms with van der Waals surface area (Å²) >= 11 is 0. The van der Waals surface area contributed by atoms with E-state index in [1.807, 2.05) is 12.1 Å². The number of anilines is 1. The molecule has 2 aromatic carbocycles. The first-order chi connectivity index (χ1) is 9.63. The Morgan fingerprint density at radius 1 is 1.25 bits per heavy atom. The molecule has 3 N–H and O–H groups in total. The summed E-state index contributed by atoms with van der Waals surface area (Å²) in [7, 11) is 1.53. The maximum atomic E-state index is 11.2. The van der Waals surface area contributed by atoms with Gasteiger partial charge in [-0.1, -0.05) is 24.3 Å². The number of aromatic carboxylic acids is 1. The van der Waals surface area contributed by atoms with E-state index in [1.165, 1.54) is 7.11 Å². The Bertz CT molecular complexity index is 612. The van der Waals surface area contributed by atoms with Crippen molar-refractivity contribution < 1.29 is 19.7 Å². The molecule has 1 unspecified atom stereocenters. The number of fused-ring (bicyclic) bond motifs is 1. The van der Waals surface area contributed by atoms with Crippen LogP contribution in [0.15, 0.2) is 36.4 Å². The van der Waals surface area contributed by atoms with Crippen LogP contribution in [-0.2, 0) is 4.74 Å². The van der Waals surface area contributed by atoms with E-state index >= 15 is 0 Å². The second kappa shape index (κ2) is 6.36. The molecule has 0 aliphatic rings. The highest BCUT2D eigenvalue weighted by Gasteiger charge is 2.11. The fraction of sp³-hybridized carbons (Fsp3) is 0.267. The van der Waals surface area contributed by atoms with Gasteiger partial charge in [-0.05, 0) is 17.5 Å². The quantitative estimate of drug-likeness (QED) is 0.751. The monoisotopic (exact) mass is 275 g/mol. The summed E-state index contributed by atoms with van der Waals surface area (Å²) in [6, 6.07) is 10.6. The summed E-state index contributed by atoms with van der Waals surface area (Å²) in [6.45, 7) is 0.586. The van der Waals surface area contributed by atoms with Gasteiger partial charge in [-0.3, -0.25) is 0 Å². The van der Waals surface area contributed by atoms with Crippen LogP contribution in [0.3, 0.4) is 0 Å². The van der Waals surface area contributed by atoms with Crippen LogP contribution in [0, 0.1) is 0 Å². The molecular formula is C15H17NO4. The van der Waals surface area contributed by atoms with E-state index in [4.69, 9.17) is 4.74 Å². The predicted octanol–water partition coefficient (Wildman–Crippen LogP) is 1.96. The molecule has 20 heavy (non-hydrogen) atoms. The highest BCUT2D eigenvalue weighted by molar-refractivity contribution is 6.07. The smallest absolute Gasteiger partial charge is 0.336 e. The Hall–Kier alpha value is -2.11. The summed E-state index contributed by atoms with van der Waals surface area (Å²) in [5, 5.41) is 23.4. The van der Waals surface area contributed by atoms with E-state index in [-0.39, 0.29) is 12.2 Å². The molecule has 0 amide bonds. The molecule has 0 aliphatic heterocycles. The summed E-state index contributed by atoms with van der Waals surface area (Å²) in [5.41, 5.74) is 1.06. The molecule has 0 spiro atoms. The van der Waals surface area contributed by atoms with Crippen molar-refractivity contribution in [2.45, 2.75) is 6.10 Å². The van der Waals surface area contributed by atoms with Crippen molar-refractivity contribution >= 4 is 22.4 Å². The van der Waals surface area contributed by atoms with Gasteiger partial charge in [0.2, 0.25) is 0 Å². The van der Waals surface area contributed by atoms with Gasteiger partial charge >= 0.3 is 5.97 Å². The number of methoxy groups -OCH3 is 1. The van der Waals surface area contributed by atoms with E-state index in [9.17, 15) is 15.0 Å². The van der Waals surface area contributed by atoms with Gasteiger partial charge in [0.05, 0.1) is 18.3 Å². The molecule has 0 heterocycles. The van der Waals surface area contributed by atoms with E-state index < -0.39 is 12.1 Å². The maximum absolute atomic E-state index is 11.2. The third-order valence-corrected chi connectivity index (χ3v) is 3.04. The van der Waals surface area contributed by atoms with Gasteiger partial charge in [-0.25, -0.2) is 4.79 Å². The molecule has 0 aromatic heterocycles. The van der Waals surface area contributed by atoms with Gasteiger partial charge in [0.1, 0.15) is 0 Å². The normalized spacial score (nSPS) is 12.3. The molecule has 0 radical (unpaired) electrons. The summed E-state index contributed by atoms with van der Waals surface area (Å²) < 4.78 is 4.86. The van der Waals surface area contributed by atoms with Crippen LogP contribution in [0.5, 0.6) is 0 Å². The maximum Gasteiger partial charge on any atom is 0.336 e. The Balaban J connectivity index is 2.31. The zero-order valence-corrected chi connectivity index (χ0v) is 11.2. The number of benzene rings is 2. The lowest BCUT2D eigenvalue weighted by Crippen LogP contribution is -2.24. The lowest BCUT2D eigenvalue weighted by Gasteiger charge is -2.14. The minimum Gasteiger partial charge on any atom is -0.478 e. The van der Waals surface area contributed by atoms with Crippen molar-refractivity contribution in [3.63, 3.8) is 0 Å². The van der Waals surface area contributed by atoms with Crippen molar-refractivity contribution in [1.82, 2.24) is 0 Å². The molecule has 0 bridgehead atoms. The third kappa shape index (κ3) is 3.07. The third-order valence-electron chi connectivity index (χ3n) is 3.04. The number of carboxylic acids is 1. The minimum absolute atomic E-state index is 0.248. The summed E-state index contributed by atoms with van der Waals surface area (Å²) in [4.78, 5) is 11.2. The van der Waals surface area contributed by atoms with E-state index in [1.54, 1.807) is 24.3 Å². The van der Waals surface area contributed by atoms with E-state index in [2.05, 4.69) is 5.32 Å². The van der Waals surface area contributed by atoms with E-state index in [0.717, 1.165) is 11.1 Å². The molecule has 0 saturated carbocycles. The zero-order valence-electron chi connectivity index (χ0n) is 11.2. The molecule has 106 valence electrons. The number of hydrogen-bond acceptors (Lipinski definition) is 4. The average molecular weight is 275 g/mol. The minimum atomic E-state index is -0.952. The molecule has 2 rings (SSSR count). The second-order valence-electron chi connectivity index (χ2n) is 4.50. The molecule has 5 nitrogen and oxygen atoms in total. The fourth-order valence-electron chi connectivity index (χ4n) is 2.12. The van der Waals surface area contributed by atoms with Crippen LogP contribution in [0.25, 0.3) is 10.8 Å². The van der Waals surface area contributed by atoms with Crippen LogP contribution >= 0.6 is 0 Å². The van der Waals surface area contributed by atoms with Crippen LogP contribution in [0.4, 0.5) is 5.69 Å². The fourth-order valence-corrected chi connectivity index (χ4v) is 2.12. The van der Waals surface area contributed by atoms with Crippen molar-refractivity contribution in [1.29, 1.82) is 0 Å². The largest absolute Gasteiger partial charge is 0.478 e.